The van der Waals surface area contributed by atoms with Gasteiger partial charge in [0.1, 0.15) is 6.04 Å². The maximum Gasteiger partial charge on any atom is 0.121 e. The number of rotatable bonds is 3. The van der Waals surface area contributed by atoms with Crippen LogP contribution in [0.4, 0.5) is 0 Å². The van der Waals surface area contributed by atoms with Crippen molar-refractivity contribution >= 4 is 0 Å². The third-order valence-electron chi connectivity index (χ3n) is 2.34. The molecule has 1 aliphatic heterocycles. The van der Waals surface area contributed by atoms with Crippen LogP contribution in [0, 0.1) is 11.3 Å². The lowest BCUT2D eigenvalue weighted by atomic mass is 10.1. The lowest BCUT2D eigenvalue weighted by molar-refractivity contribution is 0.0362. The summed E-state index contributed by atoms with van der Waals surface area (Å²) >= 11 is 0. The van der Waals surface area contributed by atoms with Crippen LogP contribution >= 0.6 is 0 Å². The predicted octanol–water partition coefficient (Wildman–Crippen LogP) is -0.0183. The van der Waals surface area contributed by atoms with E-state index in [9.17, 15) is 5.11 Å². The van der Waals surface area contributed by atoms with E-state index in [0.717, 1.165) is 19.4 Å². The van der Waals surface area contributed by atoms with Crippen LogP contribution in [0.5, 0.6) is 0 Å². The number of piperidine rings is 1. The molecule has 1 heterocycles. The molecule has 0 aromatic rings. The SMILES string of the molecule is COCC(C#N)N1CCC[C@H](O)C1. The van der Waals surface area contributed by atoms with Crippen LogP contribution in [-0.2, 0) is 4.74 Å². The average Bonchev–Trinajstić information content (AvgIpc) is 2.14. The first kappa shape index (κ1) is 10.5. The largest absolute Gasteiger partial charge is 0.392 e. The number of ether oxygens (including phenoxy) is 1. The molecule has 1 N–H and O–H groups in total. The Morgan fingerprint density at radius 3 is 3.08 bits per heavy atom. The summed E-state index contributed by atoms with van der Waals surface area (Å²) in [5.74, 6) is 0. The summed E-state index contributed by atoms with van der Waals surface area (Å²) in [6.07, 6.45) is 1.53. The van der Waals surface area contributed by atoms with Crippen molar-refractivity contribution in [3.63, 3.8) is 0 Å². The molecule has 1 unspecified atom stereocenters. The Balaban J connectivity index is 2.43. The molecule has 0 bridgehead atoms. The van der Waals surface area contributed by atoms with Gasteiger partial charge in [-0.25, -0.2) is 0 Å². The van der Waals surface area contributed by atoms with Gasteiger partial charge in [0.2, 0.25) is 0 Å². The molecular formula is C9H16N2O2. The normalized spacial score (nSPS) is 26.7. The second-order valence-corrected chi connectivity index (χ2v) is 3.39. The Hall–Kier alpha value is -0.630. The highest BCUT2D eigenvalue weighted by atomic mass is 16.5. The number of likely N-dealkylation sites (tertiary alicyclic amines) is 1. The molecular weight excluding hydrogens is 168 g/mol. The minimum atomic E-state index is -0.276. The zero-order valence-corrected chi connectivity index (χ0v) is 7.94. The van der Waals surface area contributed by atoms with E-state index in [1.54, 1.807) is 7.11 Å². The first-order chi connectivity index (χ1) is 6.27. The van der Waals surface area contributed by atoms with Crippen LogP contribution in [0.25, 0.3) is 0 Å². The summed E-state index contributed by atoms with van der Waals surface area (Å²) in [5, 5.41) is 18.2. The minimum absolute atomic E-state index is 0.208. The number of nitriles is 1. The van der Waals surface area contributed by atoms with Gasteiger partial charge in [0.05, 0.1) is 18.8 Å². The van der Waals surface area contributed by atoms with Crippen LogP contribution in [0.3, 0.4) is 0 Å². The van der Waals surface area contributed by atoms with Gasteiger partial charge in [-0.1, -0.05) is 0 Å². The highest BCUT2D eigenvalue weighted by Gasteiger charge is 2.24. The van der Waals surface area contributed by atoms with E-state index in [2.05, 4.69) is 6.07 Å². The molecule has 1 fully saturated rings. The summed E-state index contributed by atoms with van der Waals surface area (Å²) in [5.41, 5.74) is 0. The maximum atomic E-state index is 9.40. The second-order valence-electron chi connectivity index (χ2n) is 3.39. The Morgan fingerprint density at radius 1 is 1.77 bits per heavy atom. The highest BCUT2D eigenvalue weighted by molar-refractivity contribution is 4.93. The van der Waals surface area contributed by atoms with Crippen molar-refractivity contribution < 1.29 is 9.84 Å². The van der Waals surface area contributed by atoms with Crippen molar-refractivity contribution in [3.8, 4) is 6.07 Å². The zero-order valence-electron chi connectivity index (χ0n) is 7.94. The van der Waals surface area contributed by atoms with E-state index in [1.807, 2.05) is 4.90 Å². The molecule has 0 spiro atoms. The zero-order chi connectivity index (χ0) is 9.68. The van der Waals surface area contributed by atoms with E-state index in [-0.39, 0.29) is 12.1 Å². The Kier molecular flexibility index (Phi) is 4.16. The molecule has 0 aliphatic carbocycles. The number of hydrogen-bond donors (Lipinski definition) is 1. The lowest BCUT2D eigenvalue weighted by Crippen LogP contribution is -2.45. The molecule has 0 saturated carbocycles. The number of hydrogen-bond acceptors (Lipinski definition) is 4. The maximum absolute atomic E-state index is 9.40. The Bertz CT molecular complexity index is 191. The van der Waals surface area contributed by atoms with E-state index < -0.39 is 0 Å². The summed E-state index contributed by atoms with van der Waals surface area (Å²) in [6, 6.07) is 1.97. The number of β-amino-alcohol motifs (C(OH)–C–C–N with tert-alkyl or cyclic N) is 1. The topological polar surface area (TPSA) is 56.5 Å². The smallest absolute Gasteiger partial charge is 0.121 e. The summed E-state index contributed by atoms with van der Waals surface area (Å²) in [6.45, 7) is 1.91. The molecule has 0 aromatic heterocycles. The third-order valence-corrected chi connectivity index (χ3v) is 2.34. The van der Waals surface area contributed by atoms with Gasteiger partial charge >= 0.3 is 0 Å². The van der Waals surface area contributed by atoms with Gasteiger partial charge in [-0.2, -0.15) is 5.26 Å². The van der Waals surface area contributed by atoms with E-state index in [0.29, 0.717) is 13.2 Å². The van der Waals surface area contributed by atoms with Crippen molar-refractivity contribution in [2.45, 2.75) is 25.0 Å². The van der Waals surface area contributed by atoms with Gasteiger partial charge in [0.15, 0.2) is 0 Å². The van der Waals surface area contributed by atoms with Crippen LogP contribution in [0.15, 0.2) is 0 Å². The van der Waals surface area contributed by atoms with E-state index >= 15 is 0 Å². The van der Waals surface area contributed by atoms with Crippen molar-refractivity contribution in [1.82, 2.24) is 4.90 Å². The van der Waals surface area contributed by atoms with Gasteiger partial charge in [-0.05, 0) is 19.4 Å². The predicted molar refractivity (Wildman–Crippen MR) is 48.1 cm³/mol. The molecule has 4 nitrogen and oxygen atoms in total. The third kappa shape index (κ3) is 2.96. The van der Waals surface area contributed by atoms with Crippen LogP contribution in [0.1, 0.15) is 12.8 Å². The minimum Gasteiger partial charge on any atom is -0.392 e. The molecule has 2 atom stereocenters. The Morgan fingerprint density at radius 2 is 2.54 bits per heavy atom. The van der Waals surface area contributed by atoms with Crippen molar-refractivity contribution in [3.05, 3.63) is 0 Å². The molecule has 4 heteroatoms. The fourth-order valence-corrected chi connectivity index (χ4v) is 1.65. The van der Waals surface area contributed by atoms with Crippen LogP contribution < -0.4 is 0 Å². The molecule has 1 saturated heterocycles. The quantitative estimate of drug-likeness (QED) is 0.670. The van der Waals surface area contributed by atoms with Crippen molar-refractivity contribution in [1.29, 1.82) is 5.26 Å². The standard InChI is InChI=1S/C9H16N2O2/c1-13-7-8(5-10)11-4-2-3-9(12)6-11/h8-9,12H,2-4,6-7H2,1H3/t8?,9-/m0/s1. The first-order valence-corrected chi connectivity index (χ1v) is 4.58. The highest BCUT2D eigenvalue weighted by Crippen LogP contribution is 2.12. The number of nitrogens with zero attached hydrogens (tertiary/aromatic N) is 2. The lowest BCUT2D eigenvalue weighted by Gasteiger charge is -2.32. The fraction of sp³-hybridized carbons (Fsp3) is 0.889. The van der Waals surface area contributed by atoms with Gasteiger partial charge in [-0.3, -0.25) is 4.90 Å². The number of aliphatic hydroxyl groups excluding tert-OH is 1. The monoisotopic (exact) mass is 184 g/mol. The molecule has 1 rings (SSSR count). The molecule has 74 valence electrons. The molecule has 1 aliphatic rings. The van der Waals surface area contributed by atoms with Gasteiger partial charge in [0, 0.05) is 13.7 Å². The van der Waals surface area contributed by atoms with E-state index in [4.69, 9.17) is 10.00 Å². The van der Waals surface area contributed by atoms with Gasteiger partial charge < -0.3 is 9.84 Å². The van der Waals surface area contributed by atoms with Crippen LogP contribution in [-0.4, -0.2) is 49.0 Å². The molecule has 13 heavy (non-hydrogen) atoms. The number of methoxy groups -OCH3 is 1. The first-order valence-electron chi connectivity index (χ1n) is 4.58. The van der Waals surface area contributed by atoms with Crippen molar-refractivity contribution in [2.75, 3.05) is 26.8 Å². The molecule has 0 radical (unpaired) electrons. The summed E-state index contributed by atoms with van der Waals surface area (Å²) in [7, 11) is 1.59. The second kappa shape index (κ2) is 5.18. The number of aliphatic hydroxyl groups is 1. The van der Waals surface area contributed by atoms with E-state index in [1.165, 1.54) is 0 Å². The molecule has 0 amide bonds. The molecule has 0 aromatic carbocycles. The Labute approximate surface area is 78.7 Å². The van der Waals surface area contributed by atoms with Gasteiger partial charge in [-0.15, -0.1) is 0 Å². The van der Waals surface area contributed by atoms with Gasteiger partial charge in [0.25, 0.3) is 0 Å². The van der Waals surface area contributed by atoms with Crippen molar-refractivity contribution in [2.24, 2.45) is 0 Å². The van der Waals surface area contributed by atoms with Crippen LogP contribution in [0.2, 0.25) is 0 Å². The average molecular weight is 184 g/mol. The fourth-order valence-electron chi connectivity index (χ4n) is 1.65. The summed E-state index contributed by atoms with van der Waals surface area (Å²) in [4.78, 5) is 1.98. The summed E-state index contributed by atoms with van der Waals surface area (Å²) < 4.78 is 4.94.